The fourth-order valence-corrected chi connectivity index (χ4v) is 2.21. The smallest absolute Gasteiger partial charge is 0.231 e. The standard InChI is InChI=1S/C15H14ClN3O3/c1-2-13(20)19-12-7-9(5-6-17-12)18-14-10(16)3-4-11-15(14)22-8-21-11/h3-7H,2,8H2,1H3,(H2,17,18,19,20). The van der Waals surface area contributed by atoms with Gasteiger partial charge >= 0.3 is 0 Å². The largest absolute Gasteiger partial charge is 0.454 e. The molecule has 3 rings (SSSR count). The molecule has 2 heterocycles. The minimum absolute atomic E-state index is 0.0972. The molecule has 0 saturated heterocycles. The van der Waals surface area contributed by atoms with E-state index >= 15 is 0 Å². The number of carbonyl (C=O) groups is 1. The monoisotopic (exact) mass is 319 g/mol. The van der Waals surface area contributed by atoms with E-state index in [1.807, 2.05) is 0 Å². The second kappa shape index (κ2) is 6.11. The molecule has 2 aromatic rings. The summed E-state index contributed by atoms with van der Waals surface area (Å²) in [6.07, 6.45) is 1.99. The van der Waals surface area contributed by atoms with Crippen LogP contribution in [0.2, 0.25) is 5.02 Å². The van der Waals surface area contributed by atoms with Gasteiger partial charge in [0, 0.05) is 24.4 Å². The van der Waals surface area contributed by atoms with Crippen molar-refractivity contribution in [3.05, 3.63) is 35.5 Å². The van der Waals surface area contributed by atoms with E-state index in [0.717, 1.165) is 5.69 Å². The summed E-state index contributed by atoms with van der Waals surface area (Å²) < 4.78 is 10.8. The van der Waals surface area contributed by atoms with E-state index in [4.69, 9.17) is 21.1 Å². The number of nitrogens with zero attached hydrogens (tertiary/aromatic N) is 1. The van der Waals surface area contributed by atoms with Crippen LogP contribution in [0.15, 0.2) is 30.5 Å². The summed E-state index contributed by atoms with van der Waals surface area (Å²) in [5.41, 5.74) is 1.35. The van der Waals surface area contributed by atoms with Crippen molar-refractivity contribution in [3.63, 3.8) is 0 Å². The van der Waals surface area contributed by atoms with Crippen molar-refractivity contribution in [2.45, 2.75) is 13.3 Å². The van der Waals surface area contributed by atoms with Crippen molar-refractivity contribution in [3.8, 4) is 11.5 Å². The molecule has 2 N–H and O–H groups in total. The number of anilines is 3. The third kappa shape index (κ3) is 2.92. The first-order chi connectivity index (χ1) is 10.7. The van der Waals surface area contributed by atoms with Crippen LogP contribution in [0.1, 0.15) is 13.3 Å². The molecule has 1 aromatic heterocycles. The van der Waals surface area contributed by atoms with Crippen LogP contribution < -0.4 is 20.1 Å². The van der Waals surface area contributed by atoms with E-state index < -0.39 is 0 Å². The molecule has 6 nitrogen and oxygen atoms in total. The van der Waals surface area contributed by atoms with E-state index in [-0.39, 0.29) is 12.7 Å². The Morgan fingerprint density at radius 3 is 3.05 bits per heavy atom. The van der Waals surface area contributed by atoms with Crippen molar-refractivity contribution < 1.29 is 14.3 Å². The summed E-state index contributed by atoms with van der Waals surface area (Å²) >= 11 is 6.22. The fraction of sp³-hybridized carbons (Fsp3) is 0.200. The maximum atomic E-state index is 11.4. The molecule has 0 aliphatic carbocycles. The number of nitrogens with one attached hydrogen (secondary N) is 2. The van der Waals surface area contributed by atoms with Gasteiger partial charge in [-0.1, -0.05) is 18.5 Å². The Morgan fingerprint density at radius 2 is 2.23 bits per heavy atom. The molecule has 0 radical (unpaired) electrons. The summed E-state index contributed by atoms with van der Waals surface area (Å²) in [5.74, 6) is 1.58. The highest BCUT2D eigenvalue weighted by atomic mass is 35.5. The lowest BCUT2D eigenvalue weighted by Gasteiger charge is -2.12. The second-order valence-electron chi connectivity index (χ2n) is 4.61. The molecule has 1 aliphatic heterocycles. The van der Waals surface area contributed by atoms with Crippen molar-refractivity contribution in [1.82, 2.24) is 4.98 Å². The number of fused-ring (bicyclic) bond motifs is 1. The fourth-order valence-electron chi connectivity index (χ4n) is 2.02. The number of benzene rings is 1. The molecule has 1 aliphatic rings. The first-order valence-electron chi connectivity index (χ1n) is 6.78. The lowest BCUT2D eigenvalue weighted by molar-refractivity contribution is -0.115. The second-order valence-corrected chi connectivity index (χ2v) is 5.02. The quantitative estimate of drug-likeness (QED) is 0.901. The highest BCUT2D eigenvalue weighted by Gasteiger charge is 2.20. The zero-order chi connectivity index (χ0) is 15.5. The Morgan fingerprint density at radius 1 is 1.36 bits per heavy atom. The van der Waals surface area contributed by atoms with Crippen LogP contribution in [-0.4, -0.2) is 17.7 Å². The SMILES string of the molecule is CCC(=O)Nc1cc(Nc2c(Cl)ccc3c2OCO3)ccn1. The predicted octanol–water partition coefficient (Wildman–Crippen LogP) is 3.56. The molecular formula is C15H14ClN3O3. The van der Waals surface area contributed by atoms with Gasteiger partial charge in [0.2, 0.25) is 12.7 Å². The summed E-state index contributed by atoms with van der Waals surface area (Å²) in [6, 6.07) is 6.99. The number of carbonyl (C=O) groups excluding carboxylic acids is 1. The number of rotatable bonds is 4. The number of pyridine rings is 1. The first-order valence-corrected chi connectivity index (χ1v) is 7.16. The van der Waals surface area contributed by atoms with Gasteiger partial charge in [0.15, 0.2) is 11.5 Å². The third-order valence-corrected chi connectivity index (χ3v) is 3.42. The van der Waals surface area contributed by atoms with E-state index in [2.05, 4.69) is 15.6 Å². The maximum absolute atomic E-state index is 11.4. The van der Waals surface area contributed by atoms with E-state index in [9.17, 15) is 4.79 Å². The van der Waals surface area contributed by atoms with Gasteiger partial charge in [0.25, 0.3) is 0 Å². The third-order valence-electron chi connectivity index (χ3n) is 3.11. The van der Waals surface area contributed by atoms with Crippen molar-refractivity contribution in [1.29, 1.82) is 0 Å². The van der Waals surface area contributed by atoms with Gasteiger partial charge in [0.1, 0.15) is 11.5 Å². The Balaban J connectivity index is 1.86. The Labute approximate surface area is 132 Å². The lowest BCUT2D eigenvalue weighted by atomic mass is 10.2. The molecule has 0 spiro atoms. The number of halogens is 1. The van der Waals surface area contributed by atoms with Crippen molar-refractivity contribution in [2.75, 3.05) is 17.4 Å². The van der Waals surface area contributed by atoms with E-state index in [1.54, 1.807) is 37.4 Å². The predicted molar refractivity (Wildman–Crippen MR) is 84.0 cm³/mol. The van der Waals surface area contributed by atoms with E-state index in [0.29, 0.717) is 34.4 Å². The number of ether oxygens (including phenoxy) is 2. The van der Waals surface area contributed by atoms with Crippen LogP contribution in [0.3, 0.4) is 0 Å². The van der Waals surface area contributed by atoms with Crippen LogP contribution in [0, 0.1) is 0 Å². The number of aromatic nitrogens is 1. The summed E-state index contributed by atoms with van der Waals surface area (Å²) in [5, 5.41) is 6.40. The maximum Gasteiger partial charge on any atom is 0.231 e. The van der Waals surface area contributed by atoms with Gasteiger partial charge in [0.05, 0.1) is 5.02 Å². The number of hydrogen-bond acceptors (Lipinski definition) is 5. The lowest BCUT2D eigenvalue weighted by Crippen LogP contribution is -2.10. The van der Waals surface area contributed by atoms with Crippen LogP contribution in [0.4, 0.5) is 17.2 Å². The van der Waals surface area contributed by atoms with Crippen molar-refractivity contribution in [2.24, 2.45) is 0 Å². The molecule has 0 atom stereocenters. The number of hydrogen-bond donors (Lipinski definition) is 2. The zero-order valence-corrected chi connectivity index (χ0v) is 12.6. The Hall–Kier alpha value is -2.47. The average molecular weight is 320 g/mol. The molecule has 114 valence electrons. The van der Waals surface area contributed by atoms with Crippen molar-refractivity contribution >= 4 is 34.7 Å². The molecule has 0 fully saturated rings. The minimum Gasteiger partial charge on any atom is -0.454 e. The van der Waals surface area contributed by atoms with Gasteiger partial charge in [-0.05, 0) is 18.2 Å². The topological polar surface area (TPSA) is 72.5 Å². The molecule has 7 heteroatoms. The number of amides is 1. The Kier molecular flexibility index (Phi) is 4.02. The zero-order valence-electron chi connectivity index (χ0n) is 11.9. The molecule has 1 amide bonds. The minimum atomic E-state index is -0.0972. The van der Waals surface area contributed by atoms with Gasteiger partial charge in [-0.3, -0.25) is 4.79 Å². The van der Waals surface area contributed by atoms with Gasteiger partial charge in [-0.15, -0.1) is 0 Å². The highest BCUT2D eigenvalue weighted by molar-refractivity contribution is 6.33. The van der Waals surface area contributed by atoms with Crippen LogP contribution in [-0.2, 0) is 4.79 Å². The van der Waals surface area contributed by atoms with Crippen LogP contribution in [0.5, 0.6) is 11.5 Å². The van der Waals surface area contributed by atoms with Gasteiger partial charge < -0.3 is 20.1 Å². The van der Waals surface area contributed by atoms with E-state index in [1.165, 1.54) is 0 Å². The molecular weight excluding hydrogens is 306 g/mol. The molecule has 0 bridgehead atoms. The summed E-state index contributed by atoms with van der Waals surface area (Å²) in [7, 11) is 0. The van der Waals surface area contributed by atoms with Crippen LogP contribution >= 0.6 is 11.6 Å². The summed E-state index contributed by atoms with van der Waals surface area (Å²) in [6.45, 7) is 1.94. The van der Waals surface area contributed by atoms with Gasteiger partial charge in [-0.2, -0.15) is 0 Å². The normalized spacial score (nSPS) is 12.1. The molecule has 22 heavy (non-hydrogen) atoms. The van der Waals surface area contributed by atoms with Gasteiger partial charge in [-0.25, -0.2) is 4.98 Å². The molecule has 0 unspecified atom stereocenters. The van der Waals surface area contributed by atoms with Crippen LogP contribution in [0.25, 0.3) is 0 Å². The first kappa shape index (κ1) is 14.5. The molecule has 0 saturated carbocycles. The molecule has 1 aromatic carbocycles. The highest BCUT2D eigenvalue weighted by Crippen LogP contribution is 2.44. The average Bonchev–Trinajstić information content (AvgIpc) is 2.99. The Bertz CT molecular complexity index is 721. The summed E-state index contributed by atoms with van der Waals surface area (Å²) in [4.78, 5) is 15.5.